The summed E-state index contributed by atoms with van der Waals surface area (Å²) in [5.74, 6) is -6.29. The van der Waals surface area contributed by atoms with Crippen molar-refractivity contribution in [1.29, 1.82) is 0 Å². The summed E-state index contributed by atoms with van der Waals surface area (Å²) in [5, 5.41) is 41.4. The smallest absolute Gasteiger partial charge is 0.408 e. The molecule has 1 amide bonds. The van der Waals surface area contributed by atoms with Crippen LogP contribution in [0.3, 0.4) is 0 Å². The number of carbonyl (C=O) groups excluding carboxylic acids is 7. The number of aliphatic hydroxyl groups excluding tert-OH is 2. The maximum absolute atomic E-state index is 15.4. The lowest BCUT2D eigenvalue weighted by molar-refractivity contribution is -0.346. The molecule has 18 heteroatoms. The zero-order chi connectivity index (χ0) is 70.8. The van der Waals surface area contributed by atoms with E-state index in [4.69, 9.17) is 33.2 Å². The molecule has 97 heavy (non-hydrogen) atoms. The van der Waals surface area contributed by atoms with Gasteiger partial charge in [-0.05, 0) is 134 Å². The average molecular weight is 1350 g/mol. The maximum Gasteiger partial charge on any atom is 0.408 e. The first-order valence-electron chi connectivity index (χ1n) is 36.3. The van der Waals surface area contributed by atoms with Gasteiger partial charge in [-0.3, -0.25) is 19.2 Å². The van der Waals surface area contributed by atoms with Crippen LogP contribution in [0.1, 0.15) is 265 Å². The first kappa shape index (κ1) is 79.5. The molecule has 2 aromatic carbocycles. The molecule has 1 unspecified atom stereocenters. The van der Waals surface area contributed by atoms with Crippen molar-refractivity contribution in [3.8, 4) is 0 Å². The van der Waals surface area contributed by atoms with E-state index in [1.807, 2.05) is 0 Å². The van der Waals surface area contributed by atoms with E-state index < -0.39 is 118 Å². The number of rotatable bonds is 39. The summed E-state index contributed by atoms with van der Waals surface area (Å²) in [5.41, 5.74) is -8.52. The highest BCUT2D eigenvalue weighted by Gasteiger charge is 2.78. The van der Waals surface area contributed by atoms with Crippen molar-refractivity contribution < 1.29 is 82.0 Å². The predicted octanol–water partition coefficient (Wildman–Crippen LogP) is 15.2. The third-order valence-corrected chi connectivity index (χ3v) is 20.1. The van der Waals surface area contributed by atoms with Crippen LogP contribution in [-0.2, 0) is 57.1 Å². The van der Waals surface area contributed by atoms with Crippen LogP contribution >= 0.6 is 0 Å². The van der Waals surface area contributed by atoms with E-state index in [9.17, 15) is 39.3 Å². The van der Waals surface area contributed by atoms with Crippen LogP contribution in [0.2, 0.25) is 0 Å². The highest BCUT2D eigenvalue weighted by atomic mass is 16.6. The molecule has 0 spiro atoms. The van der Waals surface area contributed by atoms with Crippen LogP contribution < -0.4 is 5.32 Å². The molecule has 1 aliphatic heterocycles. The van der Waals surface area contributed by atoms with Gasteiger partial charge in [0.2, 0.25) is 6.10 Å². The van der Waals surface area contributed by atoms with Crippen molar-refractivity contribution >= 4 is 41.7 Å². The monoisotopic (exact) mass is 1350 g/mol. The number of amides is 1. The van der Waals surface area contributed by atoms with Gasteiger partial charge in [-0.15, -0.1) is 0 Å². The number of fused-ring (bicyclic) bond motifs is 5. The van der Waals surface area contributed by atoms with E-state index in [0.29, 0.717) is 31.2 Å². The molecule has 4 N–H and O–H groups in total. The van der Waals surface area contributed by atoms with E-state index in [1.165, 1.54) is 58.1 Å². The molecule has 3 aliphatic carbocycles. The van der Waals surface area contributed by atoms with Gasteiger partial charge in [0.25, 0.3) is 0 Å². The summed E-state index contributed by atoms with van der Waals surface area (Å²) in [6.07, 6.45) is 24.7. The van der Waals surface area contributed by atoms with E-state index in [-0.39, 0.29) is 48.2 Å². The number of nitrogens with one attached hydrogen (secondary N) is 1. The molecule has 3 fully saturated rings. The fourth-order valence-electron chi connectivity index (χ4n) is 14.6. The van der Waals surface area contributed by atoms with Crippen LogP contribution in [0, 0.1) is 16.7 Å². The number of benzene rings is 2. The third-order valence-electron chi connectivity index (χ3n) is 20.1. The second-order valence-electron chi connectivity index (χ2n) is 29.0. The maximum atomic E-state index is 15.4. The molecule has 1 heterocycles. The minimum atomic E-state index is -2.43. The summed E-state index contributed by atoms with van der Waals surface area (Å²) < 4.78 is 42.8. The normalized spacial score (nSPS) is 25.4. The van der Waals surface area contributed by atoms with E-state index in [2.05, 4.69) is 55.6 Å². The van der Waals surface area contributed by atoms with Crippen molar-refractivity contribution in [3.63, 3.8) is 0 Å². The van der Waals surface area contributed by atoms with Crippen molar-refractivity contribution in [1.82, 2.24) is 5.32 Å². The summed E-state index contributed by atoms with van der Waals surface area (Å²) >= 11 is 0. The third kappa shape index (κ3) is 21.8. The minimum absolute atomic E-state index is 0.0639. The Morgan fingerprint density at radius 1 is 0.701 bits per heavy atom. The van der Waals surface area contributed by atoms with Crippen molar-refractivity contribution in [2.24, 2.45) is 16.7 Å². The molecular formula is C79H115NO17. The molecule has 1 saturated heterocycles. The number of ketones is 1. The number of aliphatic hydroxyl groups is 3. The Morgan fingerprint density at radius 3 is 1.82 bits per heavy atom. The summed E-state index contributed by atoms with van der Waals surface area (Å²) in [6, 6.07) is 14.8. The number of hydrogen-bond acceptors (Lipinski definition) is 17. The van der Waals surface area contributed by atoms with Crippen LogP contribution in [0.5, 0.6) is 0 Å². The fraction of sp³-hybridized carbons (Fsp3) is 0.658. The zero-order valence-electron chi connectivity index (χ0n) is 59.8. The molecule has 12 atom stereocenters. The first-order valence-corrected chi connectivity index (χ1v) is 36.3. The molecule has 18 nitrogen and oxygen atoms in total. The fourth-order valence-corrected chi connectivity index (χ4v) is 14.6. The van der Waals surface area contributed by atoms with Gasteiger partial charge in [0.1, 0.15) is 47.8 Å². The summed E-state index contributed by atoms with van der Waals surface area (Å²) in [6.45, 7) is 16.3. The SMILES string of the molecule is CCCCC/C=C\C/C=C\CCCCCCCC(=O)O[C@@H](C/C=C\CCCCCCCC(=O)O[C@@H](C(=O)O[C@H]1C[C@@]2(O)[C@@H](OC(=O)c3ccccc3)[C@H]3[C@](C)(C(=O)[C@H](O)C(=C1C)C2(C)C)[C@@H](O)CC1OC[C@]13OC(C)=O)[C@@H](NC(=O)OC(C)(C)C)c1ccccc1)CCCCCC. The van der Waals surface area contributed by atoms with Gasteiger partial charge < -0.3 is 53.8 Å². The number of allylic oxidation sites excluding steroid dienone is 5. The Bertz CT molecular complexity index is 2980. The highest BCUT2D eigenvalue weighted by Crippen LogP contribution is 2.64. The van der Waals surface area contributed by atoms with Crippen molar-refractivity contribution in [3.05, 3.63) is 119 Å². The average Bonchev–Trinajstić information content (AvgIpc) is 0.671. The molecular weight excluding hydrogens is 1230 g/mol. The summed E-state index contributed by atoms with van der Waals surface area (Å²) in [4.78, 5) is 99.4. The van der Waals surface area contributed by atoms with E-state index in [0.717, 1.165) is 103 Å². The van der Waals surface area contributed by atoms with Gasteiger partial charge in [0, 0.05) is 44.4 Å². The number of hydrogen-bond donors (Lipinski definition) is 4. The van der Waals surface area contributed by atoms with Crippen LogP contribution in [0.25, 0.3) is 0 Å². The predicted molar refractivity (Wildman–Crippen MR) is 372 cm³/mol. The van der Waals surface area contributed by atoms with Gasteiger partial charge in [0.15, 0.2) is 11.4 Å². The quantitative estimate of drug-likeness (QED) is 0.0210. The lowest BCUT2D eigenvalue weighted by atomic mass is 9.44. The molecule has 6 rings (SSSR count). The topological polar surface area (TPSA) is 257 Å². The molecule has 0 aromatic heterocycles. The number of alkyl carbamates (subject to hydrolysis) is 1. The number of Topliss-reactive ketones (excluding diaryl/α,β-unsaturated/α-hetero) is 1. The van der Waals surface area contributed by atoms with Crippen LogP contribution in [0.15, 0.2) is 108 Å². The lowest BCUT2D eigenvalue weighted by Gasteiger charge is -2.67. The van der Waals surface area contributed by atoms with Gasteiger partial charge in [0.05, 0.1) is 29.6 Å². The van der Waals surface area contributed by atoms with Crippen LogP contribution in [-0.4, -0.2) is 123 Å². The zero-order valence-corrected chi connectivity index (χ0v) is 59.8. The molecule has 0 radical (unpaired) electrons. The molecule has 2 saturated carbocycles. The highest BCUT2D eigenvalue weighted by molar-refractivity contribution is 5.94. The van der Waals surface area contributed by atoms with Gasteiger partial charge in [-0.2, -0.15) is 0 Å². The van der Waals surface area contributed by atoms with Gasteiger partial charge >= 0.3 is 35.9 Å². The number of unbranched alkanes of at least 4 members (excludes halogenated alkanes) is 16. The summed E-state index contributed by atoms with van der Waals surface area (Å²) in [7, 11) is 0. The Morgan fingerprint density at radius 2 is 1.25 bits per heavy atom. The molecule has 538 valence electrons. The minimum Gasteiger partial charge on any atom is -0.462 e. The van der Waals surface area contributed by atoms with Crippen molar-refractivity contribution in [2.45, 2.75) is 308 Å². The lowest BCUT2D eigenvalue weighted by Crippen LogP contribution is -2.81. The Labute approximate surface area is 577 Å². The Hall–Kier alpha value is -6.47. The number of esters is 5. The number of ether oxygens (including phenoxy) is 7. The number of carbonyl (C=O) groups is 7. The molecule has 2 aromatic rings. The van der Waals surface area contributed by atoms with Crippen molar-refractivity contribution in [2.75, 3.05) is 6.61 Å². The first-order chi connectivity index (χ1) is 46.2. The second kappa shape index (κ2) is 38.2. The van der Waals surface area contributed by atoms with Gasteiger partial charge in [-0.1, -0.05) is 183 Å². The molecule has 2 bridgehead atoms. The Balaban J connectivity index is 1.12. The molecule has 4 aliphatic rings. The standard InChI is InChI=1S/C79H115NO17/c1-11-13-15-17-18-19-20-21-22-23-24-25-29-32-42-50-63(83)92-59(48-40-16-14-12-2)49-41-31-28-26-27-30-33-43-51-64(84)94-68(66(57-44-36-34-37-45-57)80-74(89)97-75(5,6)7)73(88)93-60-53-79(90)71(95-72(87)58-46-38-35-39-47-58)69-77(10,70(86)67(85)65(55(60)3)76(79,8)9)61(82)52-62-78(69,54-91-62)96-56(4)81/h18-19,21-22,31,34-39,41,44-47,59-62,66-69,71,82,85,90H,11-17,20,23-30,32-33,40,42-43,48-54H2,1-10H3,(H,80,89)/b19-18-,22-21-,41-31-/t59-,60+,61+,62?,66+,67-,68-,69+,71+,77-,78+,79-/m1/s1. The van der Waals surface area contributed by atoms with Crippen LogP contribution in [0.4, 0.5) is 4.79 Å². The van der Waals surface area contributed by atoms with E-state index in [1.54, 1.807) is 83.1 Å². The second-order valence-corrected chi connectivity index (χ2v) is 29.0. The Kier molecular flexibility index (Phi) is 31.3. The largest absolute Gasteiger partial charge is 0.462 e. The van der Waals surface area contributed by atoms with Gasteiger partial charge in [-0.25, -0.2) is 14.4 Å². The van der Waals surface area contributed by atoms with E-state index >= 15 is 9.59 Å².